The molecule has 0 fully saturated rings. The number of aliphatic hydroxyl groups excluding tert-OH is 1. The number of nitrogens with one attached hydrogen (secondary N) is 1. The standard InChI is InChI=1S/C11H12ClN5O2/c12-8-3-1-2-7(4-8)9(18)5-17-6-14-10(16-17)11(19)15-13/h1-4,6,9,18H,5,13H2,(H,15,19)/t9-/m1/s1. The van der Waals surface area contributed by atoms with E-state index < -0.39 is 12.0 Å². The first-order valence-corrected chi connectivity index (χ1v) is 5.82. The average Bonchev–Trinajstić information content (AvgIpc) is 2.86. The molecule has 8 heteroatoms. The first-order valence-electron chi connectivity index (χ1n) is 5.44. The van der Waals surface area contributed by atoms with Gasteiger partial charge in [-0.1, -0.05) is 23.7 Å². The molecule has 0 aliphatic rings. The number of aromatic nitrogens is 3. The molecule has 0 aliphatic carbocycles. The van der Waals surface area contributed by atoms with E-state index >= 15 is 0 Å². The van der Waals surface area contributed by atoms with Crippen LogP contribution in [0.5, 0.6) is 0 Å². The van der Waals surface area contributed by atoms with Crippen LogP contribution in [-0.2, 0) is 6.54 Å². The van der Waals surface area contributed by atoms with Crippen LogP contribution in [0.15, 0.2) is 30.6 Å². The number of aliphatic hydroxyl groups is 1. The SMILES string of the molecule is NNC(=O)c1ncn(C[C@@H](O)c2cccc(Cl)c2)n1. The molecule has 0 radical (unpaired) electrons. The lowest BCUT2D eigenvalue weighted by atomic mass is 10.1. The summed E-state index contributed by atoms with van der Waals surface area (Å²) in [4.78, 5) is 14.9. The van der Waals surface area contributed by atoms with Gasteiger partial charge in [0.05, 0.1) is 12.6 Å². The molecule has 0 spiro atoms. The number of nitrogen functional groups attached to an aromatic ring is 1. The van der Waals surface area contributed by atoms with E-state index in [0.29, 0.717) is 10.6 Å². The minimum absolute atomic E-state index is 0.0548. The van der Waals surface area contributed by atoms with Crippen molar-refractivity contribution in [3.8, 4) is 0 Å². The van der Waals surface area contributed by atoms with Crippen molar-refractivity contribution in [1.29, 1.82) is 0 Å². The van der Waals surface area contributed by atoms with Gasteiger partial charge >= 0.3 is 5.91 Å². The molecule has 2 aromatic rings. The Labute approximate surface area is 114 Å². The third kappa shape index (κ3) is 3.28. The predicted octanol–water partition coefficient (Wildman–Crippen LogP) is 0.269. The molecule has 2 rings (SSSR count). The summed E-state index contributed by atoms with van der Waals surface area (Å²) in [5.41, 5.74) is 2.59. The van der Waals surface area contributed by atoms with E-state index in [1.54, 1.807) is 24.3 Å². The molecule has 1 heterocycles. The summed E-state index contributed by atoms with van der Waals surface area (Å²) in [7, 11) is 0. The number of benzene rings is 1. The van der Waals surface area contributed by atoms with Gasteiger partial charge in [0.25, 0.3) is 0 Å². The third-order valence-corrected chi connectivity index (χ3v) is 2.70. The van der Waals surface area contributed by atoms with Gasteiger partial charge in [0.15, 0.2) is 0 Å². The van der Waals surface area contributed by atoms with Crippen LogP contribution in [0, 0.1) is 0 Å². The Hall–Kier alpha value is -1.96. The molecule has 0 saturated carbocycles. The zero-order valence-electron chi connectivity index (χ0n) is 9.82. The highest BCUT2D eigenvalue weighted by molar-refractivity contribution is 6.30. The Balaban J connectivity index is 2.08. The Morgan fingerprint density at radius 3 is 3.05 bits per heavy atom. The summed E-state index contributed by atoms with van der Waals surface area (Å²) in [5.74, 6) is 4.33. The summed E-state index contributed by atoms with van der Waals surface area (Å²) in [6.07, 6.45) is 0.549. The molecule has 0 saturated heterocycles. The largest absolute Gasteiger partial charge is 0.386 e. The van der Waals surface area contributed by atoms with E-state index in [2.05, 4.69) is 10.1 Å². The molecule has 4 N–H and O–H groups in total. The van der Waals surface area contributed by atoms with Crippen molar-refractivity contribution < 1.29 is 9.90 Å². The Kier molecular flexibility index (Phi) is 4.10. The lowest BCUT2D eigenvalue weighted by molar-refractivity contribution is 0.0941. The van der Waals surface area contributed by atoms with Crippen LogP contribution in [0.4, 0.5) is 0 Å². The highest BCUT2D eigenvalue weighted by Gasteiger charge is 2.13. The number of hydrogen-bond donors (Lipinski definition) is 3. The zero-order valence-corrected chi connectivity index (χ0v) is 10.6. The van der Waals surface area contributed by atoms with Crippen molar-refractivity contribution in [3.05, 3.63) is 47.0 Å². The van der Waals surface area contributed by atoms with Crippen molar-refractivity contribution >= 4 is 17.5 Å². The zero-order chi connectivity index (χ0) is 13.8. The number of rotatable bonds is 4. The number of nitrogens with two attached hydrogens (primary N) is 1. The van der Waals surface area contributed by atoms with Gasteiger partial charge in [-0.2, -0.15) is 0 Å². The van der Waals surface area contributed by atoms with Gasteiger partial charge in [0.2, 0.25) is 5.82 Å². The first kappa shape index (κ1) is 13.5. The summed E-state index contributed by atoms with van der Waals surface area (Å²) in [6, 6.07) is 6.88. The molecule has 7 nitrogen and oxygen atoms in total. The fourth-order valence-electron chi connectivity index (χ4n) is 1.55. The second-order valence-corrected chi connectivity index (χ2v) is 4.27. The van der Waals surface area contributed by atoms with Crippen molar-refractivity contribution in [1.82, 2.24) is 20.2 Å². The van der Waals surface area contributed by atoms with Gasteiger partial charge in [-0.3, -0.25) is 10.2 Å². The van der Waals surface area contributed by atoms with Crippen LogP contribution in [0.25, 0.3) is 0 Å². The van der Waals surface area contributed by atoms with Gasteiger partial charge in [0.1, 0.15) is 6.33 Å². The highest BCUT2D eigenvalue weighted by atomic mass is 35.5. The van der Waals surface area contributed by atoms with Gasteiger partial charge in [-0.15, -0.1) is 5.10 Å². The maximum Gasteiger partial charge on any atom is 0.304 e. The molecule has 1 amide bonds. The summed E-state index contributed by atoms with van der Waals surface area (Å²) in [6.45, 7) is 0.158. The summed E-state index contributed by atoms with van der Waals surface area (Å²) < 4.78 is 1.36. The lowest BCUT2D eigenvalue weighted by Gasteiger charge is -2.10. The normalized spacial score (nSPS) is 12.2. The van der Waals surface area contributed by atoms with Gasteiger partial charge in [0, 0.05) is 5.02 Å². The highest BCUT2D eigenvalue weighted by Crippen LogP contribution is 2.18. The van der Waals surface area contributed by atoms with Crippen molar-refractivity contribution in [2.75, 3.05) is 0 Å². The molecule has 0 unspecified atom stereocenters. The summed E-state index contributed by atoms with van der Waals surface area (Å²) >= 11 is 5.84. The molecule has 1 aromatic heterocycles. The minimum atomic E-state index is -0.797. The Morgan fingerprint density at radius 2 is 2.37 bits per heavy atom. The van der Waals surface area contributed by atoms with E-state index in [9.17, 15) is 9.90 Å². The van der Waals surface area contributed by atoms with Gasteiger partial charge in [-0.25, -0.2) is 15.5 Å². The van der Waals surface area contributed by atoms with E-state index in [1.165, 1.54) is 11.0 Å². The monoisotopic (exact) mass is 281 g/mol. The molecule has 100 valence electrons. The number of carbonyl (C=O) groups is 1. The van der Waals surface area contributed by atoms with Crippen LogP contribution in [-0.4, -0.2) is 25.8 Å². The van der Waals surface area contributed by atoms with E-state index in [-0.39, 0.29) is 12.4 Å². The second-order valence-electron chi connectivity index (χ2n) is 3.83. The smallest absolute Gasteiger partial charge is 0.304 e. The number of hydrogen-bond acceptors (Lipinski definition) is 5. The van der Waals surface area contributed by atoms with E-state index in [0.717, 1.165) is 0 Å². The van der Waals surface area contributed by atoms with Crippen LogP contribution >= 0.6 is 11.6 Å². The number of halogens is 1. The molecular formula is C11H12ClN5O2. The fourth-order valence-corrected chi connectivity index (χ4v) is 1.75. The predicted molar refractivity (Wildman–Crippen MR) is 68.1 cm³/mol. The molecule has 1 atom stereocenters. The quantitative estimate of drug-likeness (QED) is 0.424. The molecule has 0 bridgehead atoms. The maximum absolute atomic E-state index is 11.2. The maximum atomic E-state index is 11.2. The second kappa shape index (κ2) is 5.79. The van der Waals surface area contributed by atoms with E-state index in [1.807, 2.05) is 5.43 Å². The van der Waals surface area contributed by atoms with Gasteiger partial charge < -0.3 is 5.11 Å². The Bertz CT molecular complexity index is 586. The summed E-state index contributed by atoms with van der Waals surface area (Å²) in [5, 5.41) is 14.5. The first-order chi connectivity index (χ1) is 9.10. The molecular weight excluding hydrogens is 270 g/mol. The number of nitrogens with zero attached hydrogens (tertiary/aromatic N) is 3. The minimum Gasteiger partial charge on any atom is -0.386 e. The number of hydrazine groups is 1. The van der Waals surface area contributed by atoms with Crippen LogP contribution in [0.2, 0.25) is 5.02 Å². The number of amides is 1. The number of carbonyl (C=O) groups excluding carboxylic acids is 1. The van der Waals surface area contributed by atoms with Crippen molar-refractivity contribution in [2.45, 2.75) is 12.6 Å². The molecule has 0 aliphatic heterocycles. The van der Waals surface area contributed by atoms with Crippen LogP contribution in [0.1, 0.15) is 22.3 Å². The molecule has 1 aromatic carbocycles. The van der Waals surface area contributed by atoms with E-state index in [4.69, 9.17) is 17.4 Å². The Morgan fingerprint density at radius 1 is 1.58 bits per heavy atom. The lowest BCUT2D eigenvalue weighted by Crippen LogP contribution is -2.31. The van der Waals surface area contributed by atoms with Crippen molar-refractivity contribution in [3.63, 3.8) is 0 Å². The van der Waals surface area contributed by atoms with Crippen LogP contribution in [0.3, 0.4) is 0 Å². The third-order valence-electron chi connectivity index (χ3n) is 2.46. The topological polar surface area (TPSA) is 106 Å². The van der Waals surface area contributed by atoms with Crippen LogP contribution < -0.4 is 11.3 Å². The molecule has 19 heavy (non-hydrogen) atoms. The average molecular weight is 282 g/mol. The van der Waals surface area contributed by atoms with Crippen molar-refractivity contribution in [2.24, 2.45) is 5.84 Å². The fraction of sp³-hybridized carbons (Fsp3) is 0.182. The van der Waals surface area contributed by atoms with Gasteiger partial charge in [-0.05, 0) is 17.7 Å².